The van der Waals surface area contributed by atoms with Gasteiger partial charge in [-0.15, -0.1) is 0 Å². The minimum atomic E-state index is -0.866. The lowest BCUT2D eigenvalue weighted by atomic mass is 9.74. The summed E-state index contributed by atoms with van der Waals surface area (Å²) in [4.78, 5) is 22.6. The number of aliphatic carboxylic acids is 1. The fourth-order valence-electron chi connectivity index (χ4n) is 2.49. The molecule has 2 rings (SSSR count). The molecule has 0 aromatic heterocycles. The van der Waals surface area contributed by atoms with E-state index in [1.165, 1.54) is 0 Å². The van der Waals surface area contributed by atoms with Gasteiger partial charge in [0.2, 0.25) is 0 Å². The van der Waals surface area contributed by atoms with Gasteiger partial charge in [-0.3, -0.25) is 4.79 Å². The van der Waals surface area contributed by atoms with Gasteiger partial charge in [0.15, 0.2) is 0 Å². The monoisotopic (exact) mass is 276 g/mol. The van der Waals surface area contributed by atoms with Gasteiger partial charge in [-0.2, -0.15) is 0 Å². The Bertz CT molecular complexity index is 469. The molecular formula is C15H20N2O3. The van der Waals surface area contributed by atoms with Crippen molar-refractivity contribution in [3.63, 3.8) is 0 Å². The van der Waals surface area contributed by atoms with Crippen molar-refractivity contribution in [1.82, 2.24) is 10.6 Å². The molecule has 1 aliphatic rings. The van der Waals surface area contributed by atoms with Gasteiger partial charge < -0.3 is 15.7 Å². The van der Waals surface area contributed by atoms with E-state index in [1.807, 2.05) is 30.3 Å². The lowest BCUT2D eigenvalue weighted by molar-refractivity contribution is -0.139. The van der Waals surface area contributed by atoms with Crippen molar-refractivity contribution >= 4 is 12.0 Å². The van der Waals surface area contributed by atoms with E-state index in [9.17, 15) is 9.59 Å². The van der Waals surface area contributed by atoms with Crippen LogP contribution in [-0.2, 0) is 11.2 Å². The maximum Gasteiger partial charge on any atom is 0.315 e. The molecule has 1 aliphatic carbocycles. The first-order valence-electron chi connectivity index (χ1n) is 6.91. The third kappa shape index (κ3) is 3.98. The molecule has 0 atom stereocenters. The molecular weight excluding hydrogens is 256 g/mol. The smallest absolute Gasteiger partial charge is 0.315 e. The number of amides is 2. The van der Waals surface area contributed by atoms with E-state index in [-0.39, 0.29) is 12.5 Å². The molecule has 1 aromatic rings. The number of carboxylic acids is 1. The molecule has 0 heterocycles. The van der Waals surface area contributed by atoms with Crippen molar-refractivity contribution in [1.29, 1.82) is 0 Å². The lowest BCUT2D eigenvalue weighted by Gasteiger charge is -2.41. The normalized spacial score (nSPS) is 16.0. The Labute approximate surface area is 118 Å². The third-order valence-electron chi connectivity index (χ3n) is 3.72. The number of benzene rings is 1. The molecule has 5 heteroatoms. The highest BCUT2D eigenvalue weighted by Gasteiger charge is 2.40. The second kappa shape index (κ2) is 6.41. The molecule has 2 amide bonds. The van der Waals surface area contributed by atoms with E-state index in [1.54, 1.807) is 0 Å². The number of hydrogen-bond acceptors (Lipinski definition) is 2. The average Bonchev–Trinajstić information content (AvgIpc) is 2.37. The third-order valence-corrected chi connectivity index (χ3v) is 3.72. The van der Waals surface area contributed by atoms with Crippen molar-refractivity contribution < 1.29 is 14.7 Å². The van der Waals surface area contributed by atoms with E-state index < -0.39 is 11.5 Å². The molecule has 3 N–H and O–H groups in total. The molecule has 0 spiro atoms. The SMILES string of the molecule is O=C(O)CC1(NC(=O)NCCc2ccccc2)CCC1. The summed E-state index contributed by atoms with van der Waals surface area (Å²) >= 11 is 0. The second-order valence-electron chi connectivity index (χ2n) is 5.32. The number of rotatable bonds is 6. The van der Waals surface area contributed by atoms with Crippen molar-refractivity contribution in [2.45, 2.75) is 37.6 Å². The predicted octanol–water partition coefficient (Wildman–Crippen LogP) is 1.93. The van der Waals surface area contributed by atoms with E-state index >= 15 is 0 Å². The summed E-state index contributed by atoms with van der Waals surface area (Å²) in [5, 5.41) is 14.5. The Morgan fingerprint density at radius 3 is 2.45 bits per heavy atom. The first-order chi connectivity index (χ1) is 9.60. The van der Waals surface area contributed by atoms with Crippen LogP contribution in [0.4, 0.5) is 4.79 Å². The molecule has 0 bridgehead atoms. The molecule has 5 nitrogen and oxygen atoms in total. The topological polar surface area (TPSA) is 78.4 Å². The maximum atomic E-state index is 11.8. The van der Waals surface area contributed by atoms with Gasteiger partial charge in [-0.1, -0.05) is 30.3 Å². The molecule has 0 saturated heterocycles. The minimum Gasteiger partial charge on any atom is -0.481 e. The van der Waals surface area contributed by atoms with Crippen LogP contribution in [0, 0.1) is 0 Å². The summed E-state index contributed by atoms with van der Waals surface area (Å²) in [6.07, 6.45) is 3.22. The van der Waals surface area contributed by atoms with Crippen molar-refractivity contribution in [3.8, 4) is 0 Å². The van der Waals surface area contributed by atoms with Crippen LogP contribution in [0.5, 0.6) is 0 Å². The first-order valence-corrected chi connectivity index (χ1v) is 6.91. The molecule has 0 unspecified atom stereocenters. The van der Waals surface area contributed by atoms with E-state index in [0.29, 0.717) is 6.54 Å². The van der Waals surface area contributed by atoms with Crippen LogP contribution in [0.25, 0.3) is 0 Å². The summed E-state index contributed by atoms with van der Waals surface area (Å²) in [5.74, 6) is -0.866. The number of carboxylic acid groups (broad SMARTS) is 1. The quantitative estimate of drug-likeness (QED) is 0.743. The average molecular weight is 276 g/mol. The molecule has 0 aliphatic heterocycles. The number of urea groups is 1. The van der Waals surface area contributed by atoms with Crippen molar-refractivity contribution in [2.24, 2.45) is 0 Å². The van der Waals surface area contributed by atoms with E-state index in [4.69, 9.17) is 5.11 Å². The van der Waals surface area contributed by atoms with Gasteiger partial charge in [-0.25, -0.2) is 4.79 Å². The summed E-state index contributed by atoms with van der Waals surface area (Å²) < 4.78 is 0. The summed E-state index contributed by atoms with van der Waals surface area (Å²) in [7, 11) is 0. The van der Waals surface area contributed by atoms with Gasteiger partial charge in [0.1, 0.15) is 0 Å². The molecule has 1 saturated carbocycles. The maximum absolute atomic E-state index is 11.8. The number of hydrogen-bond donors (Lipinski definition) is 3. The Morgan fingerprint density at radius 2 is 1.90 bits per heavy atom. The van der Waals surface area contributed by atoms with Gasteiger partial charge in [-0.05, 0) is 31.2 Å². The number of carbonyl (C=O) groups is 2. The molecule has 1 aromatic carbocycles. The Balaban J connectivity index is 1.73. The molecule has 108 valence electrons. The molecule has 1 fully saturated rings. The van der Waals surface area contributed by atoms with Gasteiger partial charge >= 0.3 is 12.0 Å². The summed E-state index contributed by atoms with van der Waals surface area (Å²) in [6.45, 7) is 0.541. The van der Waals surface area contributed by atoms with E-state index in [0.717, 1.165) is 31.2 Å². The fourth-order valence-corrected chi connectivity index (χ4v) is 2.49. The largest absolute Gasteiger partial charge is 0.481 e. The van der Waals surface area contributed by atoms with Crippen LogP contribution in [0.3, 0.4) is 0 Å². The highest BCUT2D eigenvalue weighted by molar-refractivity contribution is 5.77. The van der Waals surface area contributed by atoms with Crippen molar-refractivity contribution in [3.05, 3.63) is 35.9 Å². The number of carbonyl (C=O) groups excluding carboxylic acids is 1. The molecule has 0 radical (unpaired) electrons. The standard InChI is InChI=1S/C15H20N2O3/c18-13(19)11-15(8-4-9-15)17-14(20)16-10-7-12-5-2-1-3-6-12/h1-3,5-6H,4,7-11H2,(H,18,19)(H2,16,17,20). The minimum absolute atomic E-state index is 0.000888. The van der Waals surface area contributed by atoms with Gasteiger partial charge in [0, 0.05) is 6.54 Å². The van der Waals surface area contributed by atoms with E-state index in [2.05, 4.69) is 10.6 Å². The zero-order valence-corrected chi connectivity index (χ0v) is 11.4. The Morgan fingerprint density at radius 1 is 1.20 bits per heavy atom. The zero-order chi connectivity index (χ0) is 14.4. The molecule has 20 heavy (non-hydrogen) atoms. The van der Waals surface area contributed by atoms with Gasteiger partial charge in [0.25, 0.3) is 0 Å². The summed E-state index contributed by atoms with van der Waals surface area (Å²) in [5.41, 5.74) is 0.625. The van der Waals surface area contributed by atoms with Gasteiger partial charge in [0.05, 0.1) is 12.0 Å². The lowest BCUT2D eigenvalue weighted by Crippen LogP contribution is -2.57. The first kappa shape index (κ1) is 14.4. The number of nitrogens with one attached hydrogen (secondary N) is 2. The zero-order valence-electron chi connectivity index (χ0n) is 11.4. The highest BCUT2D eigenvalue weighted by Crippen LogP contribution is 2.34. The van der Waals surface area contributed by atoms with Crippen LogP contribution >= 0.6 is 0 Å². The van der Waals surface area contributed by atoms with Crippen molar-refractivity contribution in [2.75, 3.05) is 6.54 Å². The van der Waals surface area contributed by atoms with Crippen LogP contribution < -0.4 is 10.6 Å². The summed E-state index contributed by atoms with van der Waals surface area (Å²) in [6, 6.07) is 9.63. The Hall–Kier alpha value is -2.04. The van der Waals surface area contributed by atoms with Crippen LogP contribution in [0.2, 0.25) is 0 Å². The van der Waals surface area contributed by atoms with Crippen LogP contribution in [0.1, 0.15) is 31.2 Å². The Kier molecular flexibility index (Phi) is 4.61. The van der Waals surface area contributed by atoms with Crippen LogP contribution in [-0.4, -0.2) is 29.2 Å². The highest BCUT2D eigenvalue weighted by atomic mass is 16.4. The second-order valence-corrected chi connectivity index (χ2v) is 5.32. The predicted molar refractivity (Wildman–Crippen MR) is 75.5 cm³/mol. The van der Waals surface area contributed by atoms with Crippen LogP contribution in [0.15, 0.2) is 30.3 Å². The fraction of sp³-hybridized carbons (Fsp3) is 0.467.